The van der Waals surface area contributed by atoms with Crippen molar-refractivity contribution in [3.05, 3.63) is 27.2 Å². The smallest absolute Gasteiger partial charge is 0.158 e. The van der Waals surface area contributed by atoms with Crippen molar-refractivity contribution >= 4 is 34.8 Å². The van der Waals surface area contributed by atoms with Crippen molar-refractivity contribution in [2.45, 2.75) is 25.4 Å². The Morgan fingerprint density at radius 1 is 1.05 bits per heavy atom. The molecule has 1 aromatic carbocycles. The zero-order valence-electron chi connectivity index (χ0n) is 10.5. The van der Waals surface area contributed by atoms with E-state index in [9.17, 15) is 0 Å². The van der Waals surface area contributed by atoms with Gasteiger partial charge in [-0.25, -0.2) is 0 Å². The average Bonchev–Trinajstić information content (AvgIpc) is 3.09. The fourth-order valence-corrected chi connectivity index (χ4v) is 3.32. The lowest BCUT2D eigenvalue weighted by molar-refractivity contribution is 0.121. The lowest BCUT2D eigenvalue weighted by atomic mass is 9.97. The lowest BCUT2D eigenvalue weighted by Gasteiger charge is -2.25. The minimum Gasteiger partial charge on any atom is -0.487 e. The number of ether oxygens (including phenoxy) is 1. The van der Waals surface area contributed by atoms with Gasteiger partial charge in [0.2, 0.25) is 0 Å². The van der Waals surface area contributed by atoms with Crippen LogP contribution < -0.4 is 10.1 Å². The van der Waals surface area contributed by atoms with Crippen LogP contribution in [0.15, 0.2) is 12.1 Å². The van der Waals surface area contributed by atoms with Gasteiger partial charge in [0.15, 0.2) is 5.75 Å². The summed E-state index contributed by atoms with van der Waals surface area (Å²) < 4.78 is 6.18. The molecule has 1 aliphatic heterocycles. The summed E-state index contributed by atoms with van der Waals surface area (Å²) in [7, 11) is 0. The van der Waals surface area contributed by atoms with E-state index in [1.54, 1.807) is 12.1 Å². The monoisotopic (exact) mass is 319 g/mol. The fraction of sp³-hybridized carbons (Fsp3) is 0.571. The molecule has 2 atom stereocenters. The molecular weight excluding hydrogens is 305 g/mol. The van der Waals surface area contributed by atoms with Gasteiger partial charge in [0.1, 0.15) is 11.1 Å². The molecule has 0 spiro atoms. The van der Waals surface area contributed by atoms with E-state index in [0.29, 0.717) is 32.7 Å². The van der Waals surface area contributed by atoms with Gasteiger partial charge in [0.05, 0.1) is 10.0 Å². The van der Waals surface area contributed by atoms with Crippen LogP contribution in [0.25, 0.3) is 0 Å². The van der Waals surface area contributed by atoms with E-state index in [1.165, 1.54) is 12.8 Å². The zero-order valence-corrected chi connectivity index (χ0v) is 12.7. The Morgan fingerprint density at radius 2 is 1.79 bits per heavy atom. The predicted octanol–water partition coefficient (Wildman–Crippen LogP) is 4.41. The highest BCUT2D eigenvalue weighted by molar-refractivity contribution is 6.44. The molecule has 1 saturated carbocycles. The summed E-state index contributed by atoms with van der Waals surface area (Å²) in [5.41, 5.74) is 0. The lowest BCUT2D eigenvalue weighted by Crippen LogP contribution is -2.31. The van der Waals surface area contributed by atoms with E-state index in [1.807, 2.05) is 0 Å². The van der Waals surface area contributed by atoms with E-state index in [0.717, 1.165) is 19.5 Å². The maximum Gasteiger partial charge on any atom is 0.158 e. The van der Waals surface area contributed by atoms with Gasteiger partial charge in [-0.3, -0.25) is 0 Å². The first-order valence-electron chi connectivity index (χ1n) is 6.67. The highest BCUT2D eigenvalue weighted by Gasteiger charge is 2.40. The standard InChI is InChI=1S/C14H16Cl3NO/c15-10-3-4-11(16)14(12(10)17)19-13(8-1-2-8)9-5-6-18-7-9/h3-4,8-9,13,18H,1-2,5-7H2/t9-,13-/m0/s1. The summed E-state index contributed by atoms with van der Waals surface area (Å²) in [6.07, 6.45) is 3.81. The number of hydrogen-bond acceptors (Lipinski definition) is 2. The van der Waals surface area contributed by atoms with E-state index >= 15 is 0 Å². The summed E-state index contributed by atoms with van der Waals surface area (Å²) >= 11 is 18.5. The van der Waals surface area contributed by atoms with Crippen molar-refractivity contribution in [3.63, 3.8) is 0 Å². The third-order valence-electron chi connectivity index (χ3n) is 3.91. The van der Waals surface area contributed by atoms with Gasteiger partial charge in [0.25, 0.3) is 0 Å². The minimum absolute atomic E-state index is 0.198. The van der Waals surface area contributed by atoms with E-state index < -0.39 is 0 Å². The molecule has 1 heterocycles. The molecule has 1 N–H and O–H groups in total. The Morgan fingerprint density at radius 3 is 2.42 bits per heavy atom. The van der Waals surface area contributed by atoms with Crippen molar-refractivity contribution in [3.8, 4) is 5.75 Å². The van der Waals surface area contributed by atoms with Gasteiger partial charge in [-0.2, -0.15) is 0 Å². The first-order chi connectivity index (χ1) is 9.16. The Bertz CT molecular complexity index is 470. The highest BCUT2D eigenvalue weighted by atomic mass is 35.5. The molecule has 1 aromatic rings. The molecule has 3 rings (SSSR count). The topological polar surface area (TPSA) is 21.3 Å². The van der Waals surface area contributed by atoms with Gasteiger partial charge in [-0.15, -0.1) is 0 Å². The quantitative estimate of drug-likeness (QED) is 0.830. The van der Waals surface area contributed by atoms with Gasteiger partial charge in [0, 0.05) is 12.5 Å². The number of rotatable bonds is 4. The fourth-order valence-electron chi connectivity index (χ4n) is 2.71. The van der Waals surface area contributed by atoms with E-state index in [-0.39, 0.29) is 6.10 Å². The maximum absolute atomic E-state index is 6.22. The number of benzene rings is 1. The van der Waals surface area contributed by atoms with Crippen molar-refractivity contribution < 1.29 is 4.74 Å². The largest absolute Gasteiger partial charge is 0.487 e. The Labute approximate surface area is 128 Å². The van der Waals surface area contributed by atoms with Crippen LogP contribution in [0.1, 0.15) is 19.3 Å². The van der Waals surface area contributed by atoms with Gasteiger partial charge in [-0.1, -0.05) is 34.8 Å². The van der Waals surface area contributed by atoms with Crippen LogP contribution in [0.5, 0.6) is 5.75 Å². The van der Waals surface area contributed by atoms with E-state index in [4.69, 9.17) is 39.5 Å². The van der Waals surface area contributed by atoms with E-state index in [2.05, 4.69) is 5.32 Å². The van der Waals surface area contributed by atoms with Crippen LogP contribution in [-0.2, 0) is 0 Å². The molecular formula is C14H16Cl3NO. The van der Waals surface area contributed by atoms with Crippen LogP contribution in [0.3, 0.4) is 0 Å². The second kappa shape index (κ2) is 5.69. The zero-order chi connectivity index (χ0) is 13.4. The second-order valence-corrected chi connectivity index (χ2v) is 6.54. The molecule has 104 valence electrons. The second-order valence-electron chi connectivity index (χ2n) is 5.35. The van der Waals surface area contributed by atoms with Crippen molar-refractivity contribution in [1.82, 2.24) is 5.32 Å². The number of nitrogens with one attached hydrogen (secondary N) is 1. The number of halogens is 3. The van der Waals surface area contributed by atoms with Gasteiger partial charge < -0.3 is 10.1 Å². The van der Waals surface area contributed by atoms with Gasteiger partial charge >= 0.3 is 0 Å². The third kappa shape index (κ3) is 2.97. The number of hydrogen-bond donors (Lipinski definition) is 1. The van der Waals surface area contributed by atoms with Gasteiger partial charge in [-0.05, 0) is 43.9 Å². The van der Waals surface area contributed by atoms with Crippen LogP contribution in [0.4, 0.5) is 0 Å². The van der Waals surface area contributed by atoms with Crippen LogP contribution >= 0.6 is 34.8 Å². The molecule has 0 radical (unpaired) electrons. The molecule has 19 heavy (non-hydrogen) atoms. The molecule has 0 unspecified atom stereocenters. The molecule has 5 heteroatoms. The maximum atomic E-state index is 6.22. The summed E-state index contributed by atoms with van der Waals surface area (Å²) in [5.74, 6) is 1.72. The summed E-state index contributed by atoms with van der Waals surface area (Å²) in [6, 6.07) is 3.43. The first-order valence-corrected chi connectivity index (χ1v) is 7.81. The molecule has 0 aromatic heterocycles. The molecule has 1 aliphatic carbocycles. The van der Waals surface area contributed by atoms with Crippen molar-refractivity contribution in [1.29, 1.82) is 0 Å². The van der Waals surface area contributed by atoms with Crippen LogP contribution in [0.2, 0.25) is 15.1 Å². The Hall–Kier alpha value is -0.150. The highest BCUT2D eigenvalue weighted by Crippen LogP contribution is 2.44. The van der Waals surface area contributed by atoms with Crippen molar-refractivity contribution in [2.24, 2.45) is 11.8 Å². The average molecular weight is 321 g/mol. The molecule has 0 bridgehead atoms. The summed E-state index contributed by atoms with van der Waals surface area (Å²) in [5, 5.41) is 4.83. The predicted molar refractivity (Wildman–Crippen MR) is 79.6 cm³/mol. The summed E-state index contributed by atoms with van der Waals surface area (Å²) in [6.45, 7) is 2.07. The van der Waals surface area contributed by atoms with Crippen LogP contribution in [0, 0.1) is 11.8 Å². The Balaban J connectivity index is 1.83. The molecule has 0 amide bonds. The SMILES string of the molecule is Clc1ccc(Cl)c(O[C@@H](C2CC2)[C@H]2CCNC2)c1Cl. The molecule has 2 fully saturated rings. The minimum atomic E-state index is 0.198. The molecule has 2 aliphatic rings. The first kappa shape index (κ1) is 13.8. The van der Waals surface area contributed by atoms with Crippen LogP contribution in [-0.4, -0.2) is 19.2 Å². The molecule has 2 nitrogen and oxygen atoms in total. The Kier molecular flexibility index (Phi) is 4.14. The third-order valence-corrected chi connectivity index (χ3v) is 4.99. The molecule has 1 saturated heterocycles. The van der Waals surface area contributed by atoms with Crippen molar-refractivity contribution in [2.75, 3.05) is 13.1 Å². The summed E-state index contributed by atoms with van der Waals surface area (Å²) in [4.78, 5) is 0. The normalized spacial score (nSPS) is 24.5.